The van der Waals surface area contributed by atoms with Gasteiger partial charge in [-0.05, 0) is 61.5 Å². The number of carbonyl (C=O) groups excluding carboxylic acids is 3. The van der Waals surface area contributed by atoms with Crippen molar-refractivity contribution >= 4 is 39.2 Å². The van der Waals surface area contributed by atoms with E-state index in [1.165, 1.54) is 75.9 Å². The van der Waals surface area contributed by atoms with E-state index in [0.717, 1.165) is 9.87 Å². The Morgan fingerprint density at radius 2 is 1.37 bits per heavy atom. The van der Waals surface area contributed by atoms with Crippen LogP contribution in [0.5, 0.6) is 0 Å². The highest BCUT2D eigenvalue weighted by Gasteiger charge is 2.22. The lowest BCUT2D eigenvalue weighted by Crippen LogP contribution is -2.26. The van der Waals surface area contributed by atoms with Gasteiger partial charge in [0.2, 0.25) is 0 Å². The van der Waals surface area contributed by atoms with E-state index in [2.05, 4.69) is 10.1 Å². The lowest BCUT2D eigenvalue weighted by molar-refractivity contribution is 0.0587. The third kappa shape index (κ3) is 5.49. The van der Waals surface area contributed by atoms with E-state index < -0.39 is 27.9 Å². The number of nitrogens with one attached hydrogen (secondary N) is 1. The summed E-state index contributed by atoms with van der Waals surface area (Å²) in [4.78, 5) is 37.0. The molecule has 0 atom stereocenters. The molecule has 0 aromatic heterocycles. The molecule has 0 unspecified atom stereocenters. The Balaban J connectivity index is 1.85. The number of hydrogen-bond acceptors (Lipinski definition) is 7. The molecule has 0 aliphatic heterocycles. The van der Waals surface area contributed by atoms with Gasteiger partial charge in [-0.2, -0.15) is 0 Å². The fraction of sp³-hybridized carbons (Fsp3) is 0.160. The molecule has 10 heteroatoms. The Morgan fingerprint density at radius 1 is 0.800 bits per heavy atom. The molecule has 0 spiro atoms. The molecule has 35 heavy (non-hydrogen) atoms. The lowest BCUT2D eigenvalue weighted by atomic mass is 10.1. The fourth-order valence-electron chi connectivity index (χ4n) is 3.20. The summed E-state index contributed by atoms with van der Waals surface area (Å²) in [6.07, 6.45) is 0. The van der Waals surface area contributed by atoms with Gasteiger partial charge in [0.1, 0.15) is 0 Å². The largest absolute Gasteiger partial charge is 0.465 e. The van der Waals surface area contributed by atoms with Crippen LogP contribution < -0.4 is 9.62 Å². The zero-order valence-corrected chi connectivity index (χ0v) is 20.4. The summed E-state index contributed by atoms with van der Waals surface area (Å²) in [6, 6.07) is 16.4. The summed E-state index contributed by atoms with van der Waals surface area (Å²) < 4.78 is 36.4. The van der Waals surface area contributed by atoms with Crippen LogP contribution in [0.4, 0.5) is 11.4 Å². The van der Waals surface area contributed by atoms with E-state index in [0.29, 0.717) is 5.69 Å². The molecular weight excluding hydrogens is 472 g/mol. The van der Waals surface area contributed by atoms with Crippen molar-refractivity contribution in [2.45, 2.75) is 11.8 Å². The van der Waals surface area contributed by atoms with E-state index in [4.69, 9.17) is 4.74 Å². The van der Waals surface area contributed by atoms with Crippen LogP contribution in [-0.4, -0.2) is 47.5 Å². The van der Waals surface area contributed by atoms with Crippen molar-refractivity contribution < 1.29 is 32.3 Å². The number of carbonyl (C=O) groups is 3. The highest BCUT2D eigenvalue weighted by Crippen LogP contribution is 2.24. The highest BCUT2D eigenvalue weighted by atomic mass is 32.2. The maximum Gasteiger partial charge on any atom is 0.339 e. The monoisotopic (exact) mass is 496 g/mol. The highest BCUT2D eigenvalue weighted by molar-refractivity contribution is 7.92. The standard InChI is InChI=1S/C25H24N2O7S/c1-16-5-12-20(13-6-16)35(31,32)27(2)19-10-7-17(8-11-19)23(28)26-22-15-18(24(29)33-3)9-14-21(22)25(30)34-4/h5-15H,1-4H3,(H,26,28). The molecule has 0 aliphatic carbocycles. The predicted molar refractivity (Wildman–Crippen MR) is 130 cm³/mol. The summed E-state index contributed by atoms with van der Waals surface area (Å²) in [5.41, 5.74) is 1.74. The normalized spacial score (nSPS) is 10.9. The quantitative estimate of drug-likeness (QED) is 0.496. The Labute approximate surface area is 203 Å². The minimum Gasteiger partial charge on any atom is -0.465 e. The summed E-state index contributed by atoms with van der Waals surface area (Å²) in [6.45, 7) is 1.86. The van der Waals surface area contributed by atoms with Gasteiger partial charge in [-0.3, -0.25) is 9.10 Å². The van der Waals surface area contributed by atoms with Crippen molar-refractivity contribution in [3.8, 4) is 0 Å². The average molecular weight is 497 g/mol. The molecule has 0 radical (unpaired) electrons. The van der Waals surface area contributed by atoms with E-state index in [1.54, 1.807) is 12.1 Å². The van der Waals surface area contributed by atoms with Gasteiger partial charge in [0.05, 0.1) is 41.6 Å². The van der Waals surface area contributed by atoms with Crippen molar-refractivity contribution in [2.75, 3.05) is 30.9 Å². The Bertz CT molecular complexity index is 1370. The molecule has 0 saturated heterocycles. The number of anilines is 2. The first-order valence-electron chi connectivity index (χ1n) is 10.4. The van der Waals surface area contributed by atoms with Crippen molar-refractivity contribution in [1.29, 1.82) is 0 Å². The van der Waals surface area contributed by atoms with Crippen LogP contribution in [0.1, 0.15) is 36.6 Å². The fourth-order valence-corrected chi connectivity index (χ4v) is 4.40. The molecule has 0 heterocycles. The van der Waals surface area contributed by atoms with Gasteiger partial charge < -0.3 is 14.8 Å². The molecule has 1 amide bonds. The number of nitrogens with zero attached hydrogens (tertiary/aromatic N) is 1. The van der Waals surface area contributed by atoms with Gasteiger partial charge in [0.15, 0.2) is 0 Å². The van der Waals surface area contributed by atoms with Crippen LogP contribution in [0.15, 0.2) is 71.6 Å². The second-order valence-electron chi connectivity index (χ2n) is 7.53. The second-order valence-corrected chi connectivity index (χ2v) is 9.50. The van der Waals surface area contributed by atoms with Crippen LogP contribution in [0.3, 0.4) is 0 Å². The first kappa shape index (κ1) is 25.4. The number of amides is 1. The number of sulfonamides is 1. The Morgan fingerprint density at radius 3 is 1.94 bits per heavy atom. The van der Waals surface area contributed by atoms with Crippen LogP contribution in [-0.2, 0) is 19.5 Å². The van der Waals surface area contributed by atoms with Crippen LogP contribution in [0.25, 0.3) is 0 Å². The third-order valence-corrected chi connectivity index (χ3v) is 7.07. The van der Waals surface area contributed by atoms with Crippen molar-refractivity contribution in [3.63, 3.8) is 0 Å². The van der Waals surface area contributed by atoms with Crippen molar-refractivity contribution in [3.05, 3.63) is 89.0 Å². The van der Waals surface area contributed by atoms with Crippen LogP contribution >= 0.6 is 0 Å². The molecule has 3 rings (SSSR count). The van der Waals surface area contributed by atoms with Gasteiger partial charge >= 0.3 is 11.9 Å². The minimum atomic E-state index is -3.79. The SMILES string of the molecule is COC(=O)c1ccc(C(=O)OC)c(NC(=O)c2ccc(N(C)S(=O)(=O)c3ccc(C)cc3)cc2)c1. The topological polar surface area (TPSA) is 119 Å². The van der Waals surface area contributed by atoms with E-state index >= 15 is 0 Å². The minimum absolute atomic E-state index is 0.0500. The van der Waals surface area contributed by atoms with Crippen LogP contribution in [0.2, 0.25) is 0 Å². The smallest absolute Gasteiger partial charge is 0.339 e. The molecule has 1 N–H and O–H groups in total. The van der Waals surface area contributed by atoms with Gasteiger partial charge in [-0.25, -0.2) is 18.0 Å². The zero-order valence-electron chi connectivity index (χ0n) is 19.6. The summed E-state index contributed by atoms with van der Waals surface area (Å²) in [5.74, 6) is -1.91. The number of aryl methyl sites for hydroxylation is 1. The van der Waals surface area contributed by atoms with E-state index in [1.807, 2.05) is 6.92 Å². The molecule has 9 nitrogen and oxygen atoms in total. The molecule has 0 fully saturated rings. The van der Waals surface area contributed by atoms with E-state index in [9.17, 15) is 22.8 Å². The number of benzene rings is 3. The molecule has 0 bridgehead atoms. The molecule has 0 aliphatic rings. The molecular formula is C25H24N2O7S. The lowest BCUT2D eigenvalue weighted by Gasteiger charge is -2.20. The Kier molecular flexibility index (Phi) is 7.55. The average Bonchev–Trinajstić information content (AvgIpc) is 2.87. The number of rotatable bonds is 7. The predicted octanol–water partition coefficient (Wildman–Crippen LogP) is 3.65. The van der Waals surface area contributed by atoms with Gasteiger partial charge in [-0.1, -0.05) is 17.7 Å². The van der Waals surface area contributed by atoms with Crippen LogP contribution in [0, 0.1) is 6.92 Å². The molecule has 3 aromatic rings. The molecule has 3 aromatic carbocycles. The maximum absolute atomic E-state index is 12.9. The van der Waals surface area contributed by atoms with E-state index in [-0.39, 0.29) is 27.3 Å². The first-order valence-corrected chi connectivity index (χ1v) is 11.8. The number of methoxy groups -OCH3 is 2. The van der Waals surface area contributed by atoms with Gasteiger partial charge in [-0.15, -0.1) is 0 Å². The number of hydrogen-bond donors (Lipinski definition) is 1. The third-order valence-electron chi connectivity index (χ3n) is 5.27. The van der Waals surface area contributed by atoms with Gasteiger partial charge in [0, 0.05) is 12.6 Å². The number of esters is 2. The summed E-state index contributed by atoms with van der Waals surface area (Å²) >= 11 is 0. The Hall–Kier alpha value is -4.18. The maximum atomic E-state index is 12.9. The van der Waals surface area contributed by atoms with Gasteiger partial charge in [0.25, 0.3) is 15.9 Å². The summed E-state index contributed by atoms with van der Waals surface area (Å²) in [7, 11) is 0.0466. The molecule has 0 saturated carbocycles. The first-order chi connectivity index (χ1) is 16.6. The molecule has 182 valence electrons. The zero-order chi connectivity index (χ0) is 25.8. The van der Waals surface area contributed by atoms with Crippen molar-refractivity contribution in [2.24, 2.45) is 0 Å². The second kappa shape index (κ2) is 10.4. The summed E-state index contributed by atoms with van der Waals surface area (Å²) in [5, 5.41) is 2.59. The van der Waals surface area contributed by atoms with Crippen molar-refractivity contribution in [1.82, 2.24) is 0 Å². The number of ether oxygens (including phenoxy) is 2.